The van der Waals surface area contributed by atoms with E-state index in [1.165, 1.54) is 6.92 Å². The number of aryl methyl sites for hydroxylation is 1. The van der Waals surface area contributed by atoms with Gasteiger partial charge in [0.1, 0.15) is 5.01 Å². The molecule has 0 aliphatic rings. The van der Waals surface area contributed by atoms with Crippen molar-refractivity contribution >= 4 is 11.3 Å². The highest BCUT2D eigenvalue weighted by Crippen LogP contribution is 2.50. The summed E-state index contributed by atoms with van der Waals surface area (Å²) >= 11 is 0.147. The lowest BCUT2D eigenvalue weighted by Gasteiger charge is -2.30. The van der Waals surface area contributed by atoms with Crippen LogP contribution >= 0.6 is 11.3 Å². The van der Waals surface area contributed by atoms with E-state index >= 15 is 0 Å². The summed E-state index contributed by atoms with van der Waals surface area (Å²) in [5.41, 5.74) is -4.90. The molecule has 0 fully saturated rings. The lowest BCUT2D eigenvalue weighted by atomic mass is 10.0. The largest absolute Gasteiger partial charge is 0.433 e. The number of rotatable bonds is 1. The number of alkyl halides is 6. The number of hydrogen-bond acceptors (Lipinski definition) is 3. The molecule has 0 aliphatic heterocycles. The summed E-state index contributed by atoms with van der Waals surface area (Å²) in [6.07, 6.45) is -10.9. The van der Waals surface area contributed by atoms with Crippen LogP contribution in [0.2, 0.25) is 0 Å². The van der Waals surface area contributed by atoms with Gasteiger partial charge in [-0.3, -0.25) is 0 Å². The van der Waals surface area contributed by atoms with Crippen molar-refractivity contribution in [1.82, 2.24) is 4.98 Å². The summed E-state index contributed by atoms with van der Waals surface area (Å²) in [6, 6.07) is 0. The van der Waals surface area contributed by atoms with Crippen molar-refractivity contribution in [3.63, 3.8) is 0 Å². The third kappa shape index (κ3) is 1.88. The summed E-state index contributed by atoms with van der Waals surface area (Å²) in [7, 11) is 0. The first-order chi connectivity index (χ1) is 7.00. The number of thiazole rings is 1. The van der Waals surface area contributed by atoms with Crippen LogP contribution in [0.1, 0.15) is 9.88 Å². The fourth-order valence-electron chi connectivity index (χ4n) is 0.925. The molecule has 0 radical (unpaired) electrons. The minimum absolute atomic E-state index is 0.141. The molecule has 16 heavy (non-hydrogen) atoms. The molecular formula is C7H5F6NOS. The van der Waals surface area contributed by atoms with Crippen LogP contribution in [-0.2, 0) is 5.60 Å². The topological polar surface area (TPSA) is 33.1 Å². The lowest BCUT2D eigenvalue weighted by molar-refractivity contribution is -0.376. The van der Waals surface area contributed by atoms with Crippen molar-refractivity contribution in [3.05, 3.63) is 16.1 Å². The number of hydrogen-bond donors (Lipinski definition) is 1. The smallest absolute Gasteiger partial charge is 0.368 e. The predicted molar refractivity (Wildman–Crippen MR) is 42.9 cm³/mol. The Morgan fingerprint density at radius 1 is 1.12 bits per heavy atom. The van der Waals surface area contributed by atoms with Gasteiger partial charge in [-0.25, -0.2) is 4.98 Å². The average Bonchev–Trinajstić information content (AvgIpc) is 2.46. The Kier molecular flexibility index (Phi) is 2.97. The molecule has 1 aromatic heterocycles. The van der Waals surface area contributed by atoms with Gasteiger partial charge in [-0.2, -0.15) is 26.3 Å². The molecule has 0 spiro atoms. The SMILES string of the molecule is Cc1cnc(C(O)(C(F)(F)F)C(F)(F)F)s1. The van der Waals surface area contributed by atoms with E-state index < -0.39 is 23.0 Å². The first-order valence-electron chi connectivity index (χ1n) is 3.79. The van der Waals surface area contributed by atoms with Gasteiger partial charge < -0.3 is 5.11 Å². The van der Waals surface area contributed by atoms with Crippen LogP contribution in [0.25, 0.3) is 0 Å². The summed E-state index contributed by atoms with van der Waals surface area (Å²) in [4.78, 5) is 3.09. The third-order valence-electron chi connectivity index (χ3n) is 1.75. The maximum absolute atomic E-state index is 12.3. The Morgan fingerprint density at radius 3 is 1.81 bits per heavy atom. The first kappa shape index (κ1) is 13.2. The first-order valence-corrected chi connectivity index (χ1v) is 4.60. The Balaban J connectivity index is 3.38. The van der Waals surface area contributed by atoms with Gasteiger partial charge in [0.25, 0.3) is 0 Å². The highest BCUT2D eigenvalue weighted by atomic mass is 32.1. The van der Waals surface area contributed by atoms with Crippen molar-refractivity contribution < 1.29 is 31.4 Å². The van der Waals surface area contributed by atoms with Gasteiger partial charge in [0.2, 0.25) is 0 Å². The quantitative estimate of drug-likeness (QED) is 0.792. The molecule has 1 heterocycles. The maximum atomic E-state index is 12.3. The van der Waals surface area contributed by atoms with Gasteiger partial charge in [0, 0.05) is 11.1 Å². The average molecular weight is 265 g/mol. The zero-order valence-corrected chi connectivity index (χ0v) is 8.46. The number of halogens is 6. The van der Waals surface area contributed by atoms with Gasteiger partial charge >= 0.3 is 18.0 Å². The van der Waals surface area contributed by atoms with Gasteiger partial charge in [0.05, 0.1) is 0 Å². The second kappa shape index (κ2) is 3.59. The molecule has 0 amide bonds. The minimum Gasteiger partial charge on any atom is -0.368 e. The second-order valence-corrected chi connectivity index (χ2v) is 4.22. The van der Waals surface area contributed by atoms with Crippen molar-refractivity contribution in [2.24, 2.45) is 0 Å². The van der Waals surface area contributed by atoms with Crippen LogP contribution in [0.4, 0.5) is 26.3 Å². The van der Waals surface area contributed by atoms with Crippen LogP contribution in [0.5, 0.6) is 0 Å². The standard InChI is InChI=1S/C7H5F6NOS/c1-3-2-14-4(16-3)5(15,6(8,9)10)7(11,12)13/h2,15H,1H3. The fourth-order valence-corrected chi connectivity index (χ4v) is 1.82. The molecule has 0 aromatic carbocycles. The highest BCUT2D eigenvalue weighted by Gasteiger charge is 2.73. The van der Waals surface area contributed by atoms with Crippen LogP contribution in [-0.4, -0.2) is 22.4 Å². The van der Waals surface area contributed by atoms with Gasteiger partial charge in [-0.15, -0.1) is 11.3 Å². The summed E-state index contributed by atoms with van der Waals surface area (Å²) in [6.45, 7) is 1.29. The molecule has 0 saturated heterocycles. The van der Waals surface area contributed by atoms with Gasteiger partial charge in [-0.05, 0) is 6.92 Å². The van der Waals surface area contributed by atoms with E-state index in [0.29, 0.717) is 0 Å². The molecule has 0 atom stereocenters. The van der Waals surface area contributed by atoms with Crippen LogP contribution < -0.4 is 0 Å². The van der Waals surface area contributed by atoms with E-state index in [1.807, 2.05) is 0 Å². The van der Waals surface area contributed by atoms with Crippen molar-refractivity contribution in [2.45, 2.75) is 24.9 Å². The molecule has 1 rings (SSSR count). The number of aliphatic hydroxyl groups is 1. The van der Waals surface area contributed by atoms with E-state index in [0.717, 1.165) is 6.20 Å². The molecule has 0 unspecified atom stereocenters. The molecule has 1 aromatic rings. The minimum atomic E-state index is -5.87. The predicted octanol–water partition coefficient (Wildman–Crippen LogP) is 2.76. The molecule has 1 N–H and O–H groups in total. The van der Waals surface area contributed by atoms with E-state index in [1.54, 1.807) is 0 Å². The maximum Gasteiger partial charge on any atom is 0.433 e. The summed E-state index contributed by atoms with van der Waals surface area (Å²) in [5.74, 6) is 0. The molecule has 0 aliphatic carbocycles. The van der Waals surface area contributed by atoms with Crippen LogP contribution in [0, 0.1) is 6.92 Å². The zero-order valence-electron chi connectivity index (χ0n) is 7.65. The van der Waals surface area contributed by atoms with Crippen molar-refractivity contribution in [3.8, 4) is 0 Å². The molecule has 92 valence electrons. The molecule has 9 heteroatoms. The zero-order chi connectivity index (χ0) is 12.8. The number of aromatic nitrogens is 1. The fraction of sp³-hybridized carbons (Fsp3) is 0.571. The van der Waals surface area contributed by atoms with E-state index in [4.69, 9.17) is 5.11 Å². The number of nitrogens with zero attached hydrogens (tertiary/aromatic N) is 1. The highest BCUT2D eigenvalue weighted by molar-refractivity contribution is 7.11. The molecular weight excluding hydrogens is 260 g/mol. The third-order valence-corrected chi connectivity index (χ3v) is 2.77. The lowest BCUT2D eigenvalue weighted by Crippen LogP contribution is -2.53. The van der Waals surface area contributed by atoms with E-state index in [2.05, 4.69) is 4.98 Å². The van der Waals surface area contributed by atoms with Crippen LogP contribution in [0.15, 0.2) is 6.20 Å². The van der Waals surface area contributed by atoms with E-state index in [9.17, 15) is 26.3 Å². The van der Waals surface area contributed by atoms with Crippen molar-refractivity contribution in [1.29, 1.82) is 0 Å². The Bertz CT molecular complexity index is 367. The molecule has 0 bridgehead atoms. The van der Waals surface area contributed by atoms with E-state index in [-0.39, 0.29) is 16.2 Å². The van der Waals surface area contributed by atoms with Crippen molar-refractivity contribution in [2.75, 3.05) is 0 Å². The Morgan fingerprint density at radius 2 is 1.56 bits per heavy atom. The normalized spacial score (nSPS) is 14.2. The molecule has 0 saturated carbocycles. The second-order valence-electron chi connectivity index (χ2n) is 2.98. The monoisotopic (exact) mass is 265 g/mol. The molecule has 2 nitrogen and oxygen atoms in total. The van der Waals surface area contributed by atoms with Gasteiger partial charge in [-0.1, -0.05) is 0 Å². The van der Waals surface area contributed by atoms with Gasteiger partial charge in [0.15, 0.2) is 0 Å². The van der Waals surface area contributed by atoms with Crippen LogP contribution in [0.3, 0.4) is 0 Å². The Labute approximate surface area is 89.5 Å². The Hall–Kier alpha value is -0.830. The summed E-state index contributed by atoms with van der Waals surface area (Å²) in [5, 5.41) is 7.44. The summed E-state index contributed by atoms with van der Waals surface area (Å²) < 4.78 is 73.8.